The summed E-state index contributed by atoms with van der Waals surface area (Å²) in [5.41, 5.74) is 6.59. The second-order valence-electron chi connectivity index (χ2n) is 2.69. The summed E-state index contributed by atoms with van der Waals surface area (Å²) >= 11 is 0. The van der Waals surface area contributed by atoms with E-state index in [2.05, 4.69) is 11.6 Å². The third-order valence-electron chi connectivity index (χ3n) is 1.61. The minimum Gasteiger partial charge on any atom is -0.319 e. The molecule has 1 aromatic heterocycles. The van der Waals surface area contributed by atoms with Gasteiger partial charge in [-0.2, -0.15) is 0 Å². The van der Waals surface area contributed by atoms with Crippen molar-refractivity contribution in [3.05, 3.63) is 42.0 Å². The standard InChI is InChI=1S/C9H11FN2/c1-6(2)8(11)9-7(10)4-3-5-12-9/h3-5,8H,1,11H2,2H3. The second-order valence-corrected chi connectivity index (χ2v) is 2.69. The third-order valence-corrected chi connectivity index (χ3v) is 1.61. The van der Waals surface area contributed by atoms with Gasteiger partial charge in [-0.25, -0.2) is 4.39 Å². The van der Waals surface area contributed by atoms with Gasteiger partial charge >= 0.3 is 0 Å². The predicted molar refractivity (Wildman–Crippen MR) is 45.9 cm³/mol. The molecule has 0 amide bonds. The van der Waals surface area contributed by atoms with Crippen LogP contribution < -0.4 is 5.73 Å². The molecule has 0 radical (unpaired) electrons. The largest absolute Gasteiger partial charge is 0.319 e. The molecule has 0 saturated heterocycles. The Hall–Kier alpha value is -1.22. The Kier molecular flexibility index (Phi) is 2.55. The van der Waals surface area contributed by atoms with E-state index < -0.39 is 6.04 Å². The molecular weight excluding hydrogens is 155 g/mol. The van der Waals surface area contributed by atoms with E-state index in [1.54, 1.807) is 6.92 Å². The van der Waals surface area contributed by atoms with Gasteiger partial charge in [-0.05, 0) is 19.1 Å². The van der Waals surface area contributed by atoms with Gasteiger partial charge < -0.3 is 5.73 Å². The summed E-state index contributed by atoms with van der Waals surface area (Å²) in [7, 11) is 0. The van der Waals surface area contributed by atoms with Crippen molar-refractivity contribution in [2.45, 2.75) is 13.0 Å². The highest BCUT2D eigenvalue weighted by Crippen LogP contribution is 2.16. The molecule has 1 aromatic rings. The lowest BCUT2D eigenvalue weighted by Gasteiger charge is -2.10. The van der Waals surface area contributed by atoms with Crippen molar-refractivity contribution < 1.29 is 4.39 Å². The molecule has 0 fully saturated rings. The monoisotopic (exact) mass is 166 g/mol. The highest BCUT2D eigenvalue weighted by molar-refractivity contribution is 5.19. The maximum Gasteiger partial charge on any atom is 0.146 e. The fourth-order valence-electron chi connectivity index (χ4n) is 0.860. The van der Waals surface area contributed by atoms with Gasteiger partial charge in [0.15, 0.2) is 0 Å². The molecule has 0 bridgehead atoms. The number of aromatic nitrogens is 1. The molecule has 2 nitrogen and oxygen atoms in total. The van der Waals surface area contributed by atoms with Crippen LogP contribution in [0, 0.1) is 5.82 Å². The highest BCUT2D eigenvalue weighted by atomic mass is 19.1. The van der Waals surface area contributed by atoms with Crippen LogP contribution in [-0.4, -0.2) is 4.98 Å². The summed E-state index contributed by atoms with van der Waals surface area (Å²) in [6.45, 7) is 5.39. The first-order valence-corrected chi connectivity index (χ1v) is 3.64. The van der Waals surface area contributed by atoms with Crippen LogP contribution in [0.1, 0.15) is 18.7 Å². The molecule has 3 heteroatoms. The van der Waals surface area contributed by atoms with Crippen LogP contribution in [0.5, 0.6) is 0 Å². The molecular formula is C9H11FN2. The lowest BCUT2D eigenvalue weighted by atomic mass is 10.1. The average molecular weight is 166 g/mol. The van der Waals surface area contributed by atoms with Crippen molar-refractivity contribution in [3.63, 3.8) is 0 Å². The van der Waals surface area contributed by atoms with Crippen LogP contribution >= 0.6 is 0 Å². The zero-order chi connectivity index (χ0) is 9.14. The SMILES string of the molecule is C=C(C)C(N)c1ncccc1F. The number of nitrogens with two attached hydrogens (primary N) is 1. The van der Waals surface area contributed by atoms with Gasteiger partial charge in [0.1, 0.15) is 5.82 Å². The molecule has 0 aromatic carbocycles. The molecule has 1 unspecified atom stereocenters. The lowest BCUT2D eigenvalue weighted by Crippen LogP contribution is -2.14. The topological polar surface area (TPSA) is 38.9 Å². The van der Waals surface area contributed by atoms with E-state index >= 15 is 0 Å². The first kappa shape index (κ1) is 8.87. The van der Waals surface area contributed by atoms with Gasteiger partial charge in [0.2, 0.25) is 0 Å². The number of nitrogens with zero attached hydrogens (tertiary/aromatic N) is 1. The molecule has 0 spiro atoms. The van der Waals surface area contributed by atoms with Gasteiger partial charge in [-0.3, -0.25) is 4.98 Å². The fourth-order valence-corrected chi connectivity index (χ4v) is 0.860. The molecule has 0 aliphatic rings. The van der Waals surface area contributed by atoms with Crippen molar-refractivity contribution >= 4 is 0 Å². The Morgan fingerprint density at radius 2 is 2.42 bits per heavy atom. The minimum atomic E-state index is -0.508. The third kappa shape index (κ3) is 1.68. The van der Waals surface area contributed by atoms with E-state index in [0.29, 0.717) is 5.57 Å². The average Bonchev–Trinajstić information content (AvgIpc) is 2.04. The van der Waals surface area contributed by atoms with Crippen molar-refractivity contribution in [1.82, 2.24) is 4.98 Å². The van der Waals surface area contributed by atoms with E-state index in [1.165, 1.54) is 18.3 Å². The molecule has 2 N–H and O–H groups in total. The van der Waals surface area contributed by atoms with Gasteiger partial charge in [0.05, 0.1) is 11.7 Å². The van der Waals surface area contributed by atoms with Crippen LogP contribution in [0.3, 0.4) is 0 Å². The van der Waals surface area contributed by atoms with Crippen LogP contribution in [0.4, 0.5) is 4.39 Å². The number of halogens is 1. The summed E-state index contributed by atoms with van der Waals surface area (Å²) in [6.07, 6.45) is 1.52. The Bertz CT molecular complexity index is 296. The van der Waals surface area contributed by atoms with Crippen molar-refractivity contribution in [3.8, 4) is 0 Å². The first-order valence-electron chi connectivity index (χ1n) is 3.64. The highest BCUT2D eigenvalue weighted by Gasteiger charge is 2.11. The zero-order valence-electron chi connectivity index (χ0n) is 6.92. The molecule has 12 heavy (non-hydrogen) atoms. The number of pyridine rings is 1. The molecule has 1 rings (SSSR count). The lowest BCUT2D eigenvalue weighted by molar-refractivity contribution is 0.584. The van der Waals surface area contributed by atoms with Gasteiger partial charge in [0, 0.05) is 6.20 Å². The van der Waals surface area contributed by atoms with Crippen molar-refractivity contribution in [2.24, 2.45) is 5.73 Å². The first-order chi connectivity index (χ1) is 5.63. The van der Waals surface area contributed by atoms with E-state index in [9.17, 15) is 4.39 Å². The van der Waals surface area contributed by atoms with Crippen LogP contribution in [-0.2, 0) is 0 Å². The van der Waals surface area contributed by atoms with Gasteiger partial charge in [-0.1, -0.05) is 12.2 Å². The molecule has 0 aliphatic heterocycles. The summed E-state index contributed by atoms with van der Waals surface area (Å²) in [5, 5.41) is 0. The Morgan fingerprint density at radius 3 is 2.92 bits per heavy atom. The number of hydrogen-bond donors (Lipinski definition) is 1. The maximum atomic E-state index is 13.0. The van der Waals surface area contributed by atoms with E-state index in [4.69, 9.17) is 5.73 Å². The Morgan fingerprint density at radius 1 is 1.75 bits per heavy atom. The fraction of sp³-hybridized carbons (Fsp3) is 0.222. The van der Waals surface area contributed by atoms with E-state index in [-0.39, 0.29) is 11.5 Å². The smallest absolute Gasteiger partial charge is 0.146 e. The van der Waals surface area contributed by atoms with Crippen LogP contribution in [0.15, 0.2) is 30.5 Å². The van der Waals surface area contributed by atoms with Gasteiger partial charge in [0.25, 0.3) is 0 Å². The predicted octanol–water partition coefficient (Wildman–Crippen LogP) is 1.80. The second kappa shape index (κ2) is 3.45. The summed E-state index contributed by atoms with van der Waals surface area (Å²) in [5.74, 6) is -0.381. The van der Waals surface area contributed by atoms with E-state index in [1.807, 2.05) is 0 Å². The normalized spacial score (nSPS) is 12.6. The summed E-state index contributed by atoms with van der Waals surface area (Å²) in [4.78, 5) is 3.84. The molecule has 1 heterocycles. The molecule has 1 atom stereocenters. The Labute approximate surface area is 70.9 Å². The summed E-state index contributed by atoms with van der Waals surface area (Å²) in [6, 6.07) is 2.36. The molecule has 0 aliphatic carbocycles. The zero-order valence-corrected chi connectivity index (χ0v) is 6.92. The van der Waals surface area contributed by atoms with E-state index in [0.717, 1.165) is 0 Å². The quantitative estimate of drug-likeness (QED) is 0.680. The number of hydrogen-bond acceptors (Lipinski definition) is 2. The molecule has 64 valence electrons. The maximum absolute atomic E-state index is 13.0. The van der Waals surface area contributed by atoms with Crippen LogP contribution in [0.2, 0.25) is 0 Å². The minimum absolute atomic E-state index is 0.255. The summed E-state index contributed by atoms with van der Waals surface area (Å²) < 4.78 is 13.0. The van der Waals surface area contributed by atoms with Crippen LogP contribution in [0.25, 0.3) is 0 Å². The Balaban J connectivity index is 3.02. The van der Waals surface area contributed by atoms with Crippen molar-refractivity contribution in [2.75, 3.05) is 0 Å². The number of rotatable bonds is 2. The van der Waals surface area contributed by atoms with Crippen molar-refractivity contribution in [1.29, 1.82) is 0 Å². The molecule has 0 saturated carbocycles. The van der Waals surface area contributed by atoms with Gasteiger partial charge in [-0.15, -0.1) is 0 Å².